The van der Waals surface area contributed by atoms with Crippen molar-refractivity contribution in [2.24, 2.45) is 0 Å². The van der Waals surface area contributed by atoms with E-state index < -0.39 is 6.04 Å². The zero-order chi connectivity index (χ0) is 19.4. The van der Waals surface area contributed by atoms with E-state index in [4.69, 9.17) is 4.74 Å². The molecule has 2 N–H and O–H groups in total. The minimum absolute atomic E-state index is 0.0240. The smallest absolute Gasteiger partial charge is 0.238 e. The van der Waals surface area contributed by atoms with Crippen LogP contribution in [0, 0.1) is 0 Å². The van der Waals surface area contributed by atoms with Gasteiger partial charge in [-0.25, -0.2) is 0 Å². The molecule has 3 aromatic rings. The summed E-state index contributed by atoms with van der Waals surface area (Å²) < 4.78 is 5.15. The van der Waals surface area contributed by atoms with Crippen LogP contribution in [0.2, 0.25) is 0 Å². The number of carbonyl (C=O) groups excluding carboxylic acids is 2. The van der Waals surface area contributed by atoms with Gasteiger partial charge in [0.15, 0.2) is 5.78 Å². The summed E-state index contributed by atoms with van der Waals surface area (Å²) >= 11 is 0. The van der Waals surface area contributed by atoms with Gasteiger partial charge in [0.05, 0.1) is 19.7 Å². The van der Waals surface area contributed by atoms with Crippen molar-refractivity contribution in [1.82, 2.24) is 9.88 Å². The van der Waals surface area contributed by atoms with Crippen LogP contribution in [-0.4, -0.2) is 48.3 Å². The first-order valence-electron chi connectivity index (χ1n) is 8.74. The van der Waals surface area contributed by atoms with E-state index in [-0.39, 0.29) is 18.2 Å². The van der Waals surface area contributed by atoms with Crippen LogP contribution in [0.3, 0.4) is 0 Å². The molecule has 0 radical (unpaired) electrons. The van der Waals surface area contributed by atoms with Crippen LogP contribution >= 0.6 is 0 Å². The third kappa shape index (κ3) is 4.17. The summed E-state index contributed by atoms with van der Waals surface area (Å²) in [5.41, 5.74) is 2.22. The van der Waals surface area contributed by atoms with E-state index in [1.165, 1.54) is 0 Å². The summed E-state index contributed by atoms with van der Waals surface area (Å²) in [7, 11) is 3.34. The third-order valence-corrected chi connectivity index (χ3v) is 4.64. The highest BCUT2D eigenvalue weighted by Crippen LogP contribution is 2.20. The lowest BCUT2D eigenvalue weighted by Crippen LogP contribution is -2.40. The highest BCUT2D eigenvalue weighted by atomic mass is 16.5. The Labute approximate surface area is 158 Å². The molecule has 0 fully saturated rings. The molecule has 0 aliphatic carbocycles. The number of amides is 1. The number of benzene rings is 2. The van der Waals surface area contributed by atoms with Crippen molar-refractivity contribution >= 4 is 28.3 Å². The fourth-order valence-electron chi connectivity index (χ4n) is 2.97. The van der Waals surface area contributed by atoms with Gasteiger partial charge in [-0.1, -0.05) is 24.3 Å². The number of ketones is 1. The number of methoxy groups -OCH3 is 1. The number of hydrogen-bond acceptors (Lipinski definition) is 4. The Hall–Kier alpha value is -3.12. The predicted molar refractivity (Wildman–Crippen MR) is 106 cm³/mol. The number of H-pyrrole nitrogens is 1. The van der Waals surface area contributed by atoms with Gasteiger partial charge in [0.25, 0.3) is 0 Å². The van der Waals surface area contributed by atoms with Crippen LogP contribution in [0.15, 0.2) is 54.7 Å². The fourth-order valence-corrected chi connectivity index (χ4v) is 2.97. The van der Waals surface area contributed by atoms with Crippen LogP contribution in [-0.2, 0) is 4.79 Å². The Morgan fingerprint density at radius 1 is 1.19 bits per heavy atom. The van der Waals surface area contributed by atoms with Gasteiger partial charge in [0, 0.05) is 34.4 Å². The number of aromatic nitrogens is 1. The van der Waals surface area contributed by atoms with Gasteiger partial charge in [0.1, 0.15) is 5.75 Å². The van der Waals surface area contributed by atoms with Crippen molar-refractivity contribution < 1.29 is 14.3 Å². The summed E-state index contributed by atoms with van der Waals surface area (Å²) in [6, 6.07) is 14.4. The number of rotatable bonds is 7. The molecule has 0 saturated heterocycles. The Balaban J connectivity index is 1.65. The van der Waals surface area contributed by atoms with Gasteiger partial charge in [-0.3, -0.25) is 14.5 Å². The molecule has 3 rings (SSSR count). The molecule has 1 heterocycles. The average Bonchev–Trinajstić information content (AvgIpc) is 3.11. The van der Waals surface area contributed by atoms with Gasteiger partial charge in [-0.05, 0) is 32.2 Å². The number of Topliss-reactive ketones (excluding diaryl/α,β-unsaturated/α-hetero) is 1. The second-order valence-electron chi connectivity index (χ2n) is 6.48. The predicted octanol–water partition coefficient (Wildman–Crippen LogP) is 3.32. The standard InChI is InChI=1S/C21H23N3O3/c1-14(21(26)18-12-22-19-10-5-4-9-17(18)19)24(2)13-20(25)23-15-7-6-8-16(11-15)27-3/h4-12,14,22H,13H2,1-3H3,(H,23,25). The number of nitrogens with zero attached hydrogens (tertiary/aromatic N) is 1. The molecule has 6 nitrogen and oxygen atoms in total. The van der Waals surface area contributed by atoms with Gasteiger partial charge >= 0.3 is 0 Å². The van der Waals surface area contributed by atoms with Crippen molar-refractivity contribution in [2.45, 2.75) is 13.0 Å². The van der Waals surface area contributed by atoms with E-state index >= 15 is 0 Å². The number of ether oxygens (including phenoxy) is 1. The maximum absolute atomic E-state index is 12.9. The molecule has 1 unspecified atom stereocenters. The van der Waals surface area contributed by atoms with Crippen LogP contribution in [0.4, 0.5) is 5.69 Å². The largest absolute Gasteiger partial charge is 0.497 e. The first-order chi connectivity index (χ1) is 13.0. The topological polar surface area (TPSA) is 74.4 Å². The second kappa shape index (κ2) is 8.05. The van der Waals surface area contributed by atoms with Gasteiger partial charge in [-0.15, -0.1) is 0 Å². The zero-order valence-electron chi connectivity index (χ0n) is 15.7. The van der Waals surface area contributed by atoms with E-state index in [9.17, 15) is 9.59 Å². The van der Waals surface area contributed by atoms with E-state index in [0.717, 1.165) is 10.9 Å². The number of likely N-dealkylation sites (N-methyl/N-ethyl adjacent to an activating group) is 1. The average molecular weight is 365 g/mol. The van der Waals surface area contributed by atoms with Gasteiger partial charge < -0.3 is 15.0 Å². The number of anilines is 1. The Morgan fingerprint density at radius 2 is 1.96 bits per heavy atom. The van der Waals surface area contributed by atoms with Crippen LogP contribution in [0.1, 0.15) is 17.3 Å². The first kappa shape index (κ1) is 18.7. The maximum Gasteiger partial charge on any atom is 0.238 e. The van der Waals surface area contributed by atoms with Gasteiger partial charge in [-0.2, -0.15) is 0 Å². The quantitative estimate of drug-likeness (QED) is 0.630. The maximum atomic E-state index is 12.9. The molecule has 140 valence electrons. The molecule has 0 bridgehead atoms. The number of nitrogens with one attached hydrogen (secondary N) is 2. The Kier molecular flexibility index (Phi) is 5.57. The molecule has 27 heavy (non-hydrogen) atoms. The van der Waals surface area contributed by atoms with Crippen LogP contribution in [0.25, 0.3) is 10.9 Å². The minimum Gasteiger partial charge on any atom is -0.497 e. The Bertz CT molecular complexity index is 964. The number of carbonyl (C=O) groups is 2. The SMILES string of the molecule is COc1cccc(NC(=O)CN(C)C(C)C(=O)c2c[nH]c3ccccc23)c1. The third-order valence-electron chi connectivity index (χ3n) is 4.64. The van der Waals surface area contributed by atoms with Gasteiger partial charge in [0.2, 0.25) is 5.91 Å². The molecule has 0 saturated carbocycles. The van der Waals surface area contributed by atoms with Crippen LogP contribution < -0.4 is 10.1 Å². The molecule has 0 aliphatic heterocycles. The van der Waals surface area contributed by atoms with E-state index in [2.05, 4.69) is 10.3 Å². The molecule has 0 spiro atoms. The van der Waals surface area contributed by atoms with Crippen molar-refractivity contribution in [2.75, 3.05) is 26.0 Å². The van der Waals surface area contributed by atoms with Crippen molar-refractivity contribution in [1.29, 1.82) is 0 Å². The summed E-state index contributed by atoms with van der Waals surface area (Å²) in [4.78, 5) is 30.1. The van der Waals surface area contributed by atoms with E-state index in [1.807, 2.05) is 37.3 Å². The summed E-state index contributed by atoms with van der Waals surface area (Å²) in [6.45, 7) is 1.91. The lowest BCUT2D eigenvalue weighted by Gasteiger charge is -2.23. The molecule has 0 aliphatic rings. The Morgan fingerprint density at radius 3 is 2.74 bits per heavy atom. The van der Waals surface area contributed by atoms with Crippen molar-refractivity contribution in [3.05, 3.63) is 60.3 Å². The monoisotopic (exact) mass is 365 g/mol. The molecule has 2 aromatic carbocycles. The fraction of sp³-hybridized carbons (Fsp3) is 0.238. The highest BCUT2D eigenvalue weighted by Gasteiger charge is 2.23. The number of hydrogen-bond donors (Lipinski definition) is 2. The lowest BCUT2D eigenvalue weighted by atomic mass is 10.0. The van der Waals surface area contributed by atoms with E-state index in [1.54, 1.807) is 43.5 Å². The normalized spacial score (nSPS) is 12.1. The molecule has 1 aromatic heterocycles. The second-order valence-corrected chi connectivity index (χ2v) is 6.48. The number of fused-ring (bicyclic) bond motifs is 1. The summed E-state index contributed by atoms with van der Waals surface area (Å²) in [6.07, 6.45) is 1.73. The number of aromatic amines is 1. The summed E-state index contributed by atoms with van der Waals surface area (Å²) in [5.74, 6) is 0.456. The minimum atomic E-state index is -0.430. The van der Waals surface area contributed by atoms with E-state index in [0.29, 0.717) is 17.0 Å². The highest BCUT2D eigenvalue weighted by molar-refractivity contribution is 6.10. The first-order valence-corrected chi connectivity index (χ1v) is 8.74. The molecule has 1 atom stereocenters. The molecule has 1 amide bonds. The number of para-hydroxylation sites is 1. The lowest BCUT2D eigenvalue weighted by molar-refractivity contribution is -0.117. The molecular formula is C21H23N3O3. The molecular weight excluding hydrogens is 342 g/mol. The summed E-state index contributed by atoms with van der Waals surface area (Å²) in [5, 5.41) is 3.72. The van der Waals surface area contributed by atoms with Crippen LogP contribution in [0.5, 0.6) is 5.75 Å². The molecule has 6 heteroatoms. The van der Waals surface area contributed by atoms with Crippen molar-refractivity contribution in [3.63, 3.8) is 0 Å². The zero-order valence-corrected chi connectivity index (χ0v) is 15.7. The van der Waals surface area contributed by atoms with Crippen molar-refractivity contribution in [3.8, 4) is 5.75 Å².